The van der Waals surface area contributed by atoms with Gasteiger partial charge in [0, 0.05) is 13.1 Å². The first kappa shape index (κ1) is 11.5. The minimum atomic E-state index is 0.622. The van der Waals surface area contributed by atoms with Gasteiger partial charge in [0.2, 0.25) is 0 Å². The van der Waals surface area contributed by atoms with Gasteiger partial charge in [-0.3, -0.25) is 0 Å². The van der Waals surface area contributed by atoms with E-state index in [1.807, 2.05) is 0 Å². The lowest BCUT2D eigenvalue weighted by Gasteiger charge is -2.22. The maximum absolute atomic E-state index is 6.17. The summed E-state index contributed by atoms with van der Waals surface area (Å²) in [7, 11) is 0. The molecule has 3 rings (SSSR count). The zero-order valence-corrected chi connectivity index (χ0v) is 10.8. The van der Waals surface area contributed by atoms with Crippen LogP contribution in [0, 0.1) is 0 Å². The molecule has 3 nitrogen and oxygen atoms in total. The maximum Gasteiger partial charge on any atom is 0.151 e. The zero-order chi connectivity index (χ0) is 12.4. The summed E-state index contributed by atoms with van der Waals surface area (Å²) in [6.45, 7) is 1.85. The lowest BCUT2D eigenvalue weighted by atomic mass is 10.0. The van der Waals surface area contributed by atoms with Crippen molar-refractivity contribution in [2.24, 2.45) is 0 Å². The van der Waals surface area contributed by atoms with Crippen LogP contribution in [0.5, 0.6) is 0 Å². The quantitative estimate of drug-likeness (QED) is 0.788. The van der Waals surface area contributed by atoms with E-state index in [2.05, 4.69) is 39.1 Å². The molecule has 92 valence electrons. The first-order chi connectivity index (χ1) is 8.84. The van der Waals surface area contributed by atoms with Gasteiger partial charge in [-0.2, -0.15) is 0 Å². The number of benzene rings is 1. The predicted octanol–water partition coefficient (Wildman–Crippen LogP) is 3.08. The molecular weight excluding hydrogens is 246 g/mol. The molecule has 0 fully saturated rings. The smallest absolute Gasteiger partial charge is 0.151 e. The SMILES string of the molecule is Clc1cncnc1N1CCCc2ccccc2C1. The van der Waals surface area contributed by atoms with E-state index in [-0.39, 0.29) is 0 Å². The van der Waals surface area contributed by atoms with Crippen molar-refractivity contribution in [1.29, 1.82) is 0 Å². The van der Waals surface area contributed by atoms with Crippen LogP contribution in [0.2, 0.25) is 5.02 Å². The summed E-state index contributed by atoms with van der Waals surface area (Å²) in [4.78, 5) is 10.5. The van der Waals surface area contributed by atoms with Crippen molar-refractivity contribution in [1.82, 2.24) is 9.97 Å². The highest BCUT2D eigenvalue weighted by molar-refractivity contribution is 6.32. The van der Waals surface area contributed by atoms with Gasteiger partial charge in [-0.05, 0) is 24.0 Å². The van der Waals surface area contributed by atoms with Gasteiger partial charge in [-0.25, -0.2) is 9.97 Å². The minimum Gasteiger partial charge on any atom is -0.351 e. The highest BCUT2D eigenvalue weighted by Gasteiger charge is 2.17. The molecular formula is C14H14ClN3. The van der Waals surface area contributed by atoms with Crippen LogP contribution in [0.1, 0.15) is 17.5 Å². The van der Waals surface area contributed by atoms with E-state index in [9.17, 15) is 0 Å². The molecule has 2 aromatic rings. The fourth-order valence-electron chi connectivity index (χ4n) is 2.42. The number of rotatable bonds is 1. The number of aromatic nitrogens is 2. The Kier molecular flexibility index (Phi) is 3.15. The number of fused-ring (bicyclic) bond motifs is 1. The van der Waals surface area contributed by atoms with E-state index in [0.29, 0.717) is 5.02 Å². The Morgan fingerprint density at radius 2 is 2.00 bits per heavy atom. The van der Waals surface area contributed by atoms with Gasteiger partial charge in [-0.15, -0.1) is 0 Å². The van der Waals surface area contributed by atoms with Crippen LogP contribution < -0.4 is 4.90 Å². The van der Waals surface area contributed by atoms with Gasteiger partial charge in [0.1, 0.15) is 11.3 Å². The summed E-state index contributed by atoms with van der Waals surface area (Å²) in [5, 5.41) is 0.622. The fraction of sp³-hybridized carbons (Fsp3) is 0.286. The van der Waals surface area contributed by atoms with Crippen molar-refractivity contribution in [3.8, 4) is 0 Å². The molecule has 0 atom stereocenters. The highest BCUT2D eigenvalue weighted by atomic mass is 35.5. The van der Waals surface area contributed by atoms with Crippen molar-refractivity contribution >= 4 is 17.4 Å². The zero-order valence-electron chi connectivity index (χ0n) is 10.0. The molecule has 2 heterocycles. The molecule has 1 aromatic heterocycles. The molecule has 1 aromatic carbocycles. The lowest BCUT2D eigenvalue weighted by Crippen LogP contribution is -2.23. The largest absolute Gasteiger partial charge is 0.351 e. The first-order valence-corrected chi connectivity index (χ1v) is 6.49. The molecule has 4 heteroatoms. The average Bonchev–Trinajstić information content (AvgIpc) is 2.61. The number of nitrogens with zero attached hydrogens (tertiary/aromatic N) is 3. The first-order valence-electron chi connectivity index (χ1n) is 6.12. The third-order valence-electron chi connectivity index (χ3n) is 3.30. The maximum atomic E-state index is 6.17. The van der Waals surface area contributed by atoms with Gasteiger partial charge in [-0.1, -0.05) is 35.9 Å². The van der Waals surface area contributed by atoms with Crippen LogP contribution in [0.4, 0.5) is 5.82 Å². The second-order valence-electron chi connectivity index (χ2n) is 4.49. The molecule has 0 saturated carbocycles. The van der Waals surface area contributed by atoms with Crippen LogP contribution in [0.25, 0.3) is 0 Å². The number of hydrogen-bond donors (Lipinski definition) is 0. The Morgan fingerprint density at radius 1 is 1.17 bits per heavy atom. The number of aryl methyl sites for hydroxylation is 1. The van der Waals surface area contributed by atoms with Crippen molar-refractivity contribution < 1.29 is 0 Å². The summed E-state index contributed by atoms with van der Waals surface area (Å²) in [5.41, 5.74) is 2.80. The topological polar surface area (TPSA) is 29.0 Å². The molecule has 0 radical (unpaired) electrons. The highest BCUT2D eigenvalue weighted by Crippen LogP contribution is 2.26. The van der Waals surface area contributed by atoms with Crippen LogP contribution in [0.15, 0.2) is 36.8 Å². The van der Waals surface area contributed by atoms with Crippen molar-refractivity contribution in [2.45, 2.75) is 19.4 Å². The molecule has 1 aliphatic heterocycles. The van der Waals surface area contributed by atoms with Crippen LogP contribution in [0.3, 0.4) is 0 Å². The van der Waals surface area contributed by atoms with Gasteiger partial charge >= 0.3 is 0 Å². The van der Waals surface area contributed by atoms with E-state index in [4.69, 9.17) is 11.6 Å². The molecule has 0 aliphatic carbocycles. The monoisotopic (exact) mass is 259 g/mol. The minimum absolute atomic E-state index is 0.622. The van der Waals surface area contributed by atoms with E-state index in [0.717, 1.165) is 31.7 Å². The number of anilines is 1. The van der Waals surface area contributed by atoms with Gasteiger partial charge < -0.3 is 4.90 Å². The fourth-order valence-corrected chi connectivity index (χ4v) is 2.65. The summed E-state index contributed by atoms with van der Waals surface area (Å²) in [6, 6.07) is 8.58. The Labute approximate surface area is 111 Å². The van der Waals surface area contributed by atoms with E-state index < -0.39 is 0 Å². The Morgan fingerprint density at radius 3 is 2.83 bits per heavy atom. The molecule has 0 unspecified atom stereocenters. The van der Waals surface area contributed by atoms with Crippen LogP contribution in [-0.2, 0) is 13.0 Å². The van der Waals surface area contributed by atoms with Crippen molar-refractivity contribution in [2.75, 3.05) is 11.4 Å². The molecule has 0 amide bonds. The molecule has 0 bridgehead atoms. The van der Waals surface area contributed by atoms with Crippen LogP contribution in [-0.4, -0.2) is 16.5 Å². The average molecular weight is 260 g/mol. The van der Waals surface area contributed by atoms with E-state index in [1.54, 1.807) is 12.5 Å². The molecule has 1 aliphatic rings. The Hall–Kier alpha value is -1.61. The second-order valence-corrected chi connectivity index (χ2v) is 4.90. The van der Waals surface area contributed by atoms with Gasteiger partial charge in [0.25, 0.3) is 0 Å². The molecule has 18 heavy (non-hydrogen) atoms. The number of halogens is 1. The summed E-state index contributed by atoms with van der Waals surface area (Å²) in [6.07, 6.45) is 5.45. The van der Waals surface area contributed by atoms with E-state index >= 15 is 0 Å². The van der Waals surface area contributed by atoms with Crippen molar-refractivity contribution in [3.63, 3.8) is 0 Å². The van der Waals surface area contributed by atoms with Gasteiger partial charge in [0.05, 0.1) is 6.20 Å². The van der Waals surface area contributed by atoms with Gasteiger partial charge in [0.15, 0.2) is 5.82 Å². The molecule has 0 spiro atoms. The third kappa shape index (κ3) is 2.18. The van der Waals surface area contributed by atoms with Crippen molar-refractivity contribution in [3.05, 3.63) is 52.9 Å². The summed E-state index contributed by atoms with van der Waals surface area (Å²) in [5.74, 6) is 0.836. The third-order valence-corrected chi connectivity index (χ3v) is 3.57. The Balaban J connectivity index is 1.94. The normalized spacial score (nSPS) is 15.1. The predicted molar refractivity (Wildman–Crippen MR) is 72.9 cm³/mol. The summed E-state index contributed by atoms with van der Waals surface area (Å²) < 4.78 is 0. The summed E-state index contributed by atoms with van der Waals surface area (Å²) >= 11 is 6.17. The number of hydrogen-bond acceptors (Lipinski definition) is 3. The lowest BCUT2D eigenvalue weighted by molar-refractivity contribution is 0.753. The Bertz CT molecular complexity index is 556. The second kappa shape index (κ2) is 4.94. The van der Waals surface area contributed by atoms with E-state index in [1.165, 1.54) is 11.1 Å². The molecule has 0 saturated heterocycles. The molecule has 0 N–H and O–H groups in total. The van der Waals surface area contributed by atoms with Crippen LogP contribution >= 0.6 is 11.6 Å². The standard InChI is InChI=1S/C14H14ClN3/c15-13-8-16-10-17-14(13)18-7-3-6-11-4-1-2-5-12(11)9-18/h1-2,4-5,8,10H,3,6-7,9H2.